The van der Waals surface area contributed by atoms with Crippen molar-refractivity contribution in [3.8, 4) is 6.07 Å². The van der Waals surface area contributed by atoms with Gasteiger partial charge in [0.15, 0.2) is 6.61 Å². The van der Waals surface area contributed by atoms with Crippen LogP contribution in [0.3, 0.4) is 0 Å². The number of alkyl halides is 3. The summed E-state index contributed by atoms with van der Waals surface area (Å²) in [4.78, 5) is 23.5. The summed E-state index contributed by atoms with van der Waals surface area (Å²) >= 11 is 5.52. The second-order valence-corrected chi connectivity index (χ2v) is 6.72. The van der Waals surface area contributed by atoms with Crippen molar-refractivity contribution in [2.24, 2.45) is 5.92 Å². The van der Waals surface area contributed by atoms with Gasteiger partial charge in [0.2, 0.25) is 0 Å². The molecule has 2 rings (SSSR count). The number of nitrogens with zero attached hydrogens (tertiary/aromatic N) is 1. The molecule has 1 aliphatic rings. The van der Waals surface area contributed by atoms with Gasteiger partial charge in [-0.1, -0.05) is 17.7 Å². The van der Waals surface area contributed by atoms with Crippen LogP contribution in [-0.4, -0.2) is 24.0 Å². The first-order valence-corrected chi connectivity index (χ1v) is 8.37. The van der Waals surface area contributed by atoms with Crippen LogP contribution in [0, 0.1) is 17.2 Å². The molecule has 1 N–H and O–H groups in total. The summed E-state index contributed by atoms with van der Waals surface area (Å²) in [5, 5.41) is 11.2. The molecule has 0 unspecified atom stereocenters. The van der Waals surface area contributed by atoms with E-state index >= 15 is 0 Å². The van der Waals surface area contributed by atoms with E-state index in [1.807, 2.05) is 6.07 Å². The first-order chi connectivity index (χ1) is 12.5. The van der Waals surface area contributed by atoms with E-state index in [2.05, 4.69) is 5.32 Å². The third kappa shape index (κ3) is 5.73. The highest BCUT2D eigenvalue weighted by Gasteiger charge is 2.43. The van der Waals surface area contributed by atoms with E-state index in [4.69, 9.17) is 21.6 Å². The molecule has 144 valence electrons. The number of benzene rings is 1. The number of carbonyl (C=O) groups excluding carboxylic acids is 2. The summed E-state index contributed by atoms with van der Waals surface area (Å²) in [6, 6.07) is 5.22. The molecule has 1 aliphatic carbocycles. The average molecular weight is 401 g/mol. The molecule has 9 heteroatoms. The standard InChI is InChI=1S/C18H16ClF3N2O3/c1-17(10-23,12-4-5-12)24-15(25)9-27-16(26)7-3-11-2-6-14(19)13(8-11)18(20,21)22/h2-3,6-8,12H,4-5,9H2,1H3,(H,24,25)/b7-3+/t17-/m0/s1. The van der Waals surface area contributed by atoms with E-state index in [9.17, 15) is 22.8 Å². The van der Waals surface area contributed by atoms with Crippen molar-refractivity contribution in [2.75, 3.05) is 6.61 Å². The molecule has 1 aromatic rings. The summed E-state index contributed by atoms with van der Waals surface area (Å²) in [6.07, 6.45) is -0.910. The zero-order valence-electron chi connectivity index (χ0n) is 14.3. The number of hydrogen-bond donors (Lipinski definition) is 1. The van der Waals surface area contributed by atoms with Gasteiger partial charge in [-0.3, -0.25) is 4.79 Å². The SMILES string of the molecule is C[C@@](C#N)(NC(=O)COC(=O)/C=C/c1ccc(Cl)c(C(F)(F)F)c1)C1CC1. The molecule has 0 aliphatic heterocycles. The average Bonchev–Trinajstić information content (AvgIpc) is 3.43. The van der Waals surface area contributed by atoms with E-state index in [0.717, 1.165) is 37.1 Å². The Morgan fingerprint density at radius 3 is 2.63 bits per heavy atom. The second-order valence-electron chi connectivity index (χ2n) is 6.31. The van der Waals surface area contributed by atoms with E-state index in [1.165, 1.54) is 6.07 Å². The molecule has 5 nitrogen and oxygen atoms in total. The van der Waals surface area contributed by atoms with Crippen LogP contribution in [0.25, 0.3) is 6.08 Å². The molecule has 0 bridgehead atoms. The van der Waals surface area contributed by atoms with Gasteiger partial charge in [-0.25, -0.2) is 4.79 Å². The maximum atomic E-state index is 12.8. The number of amides is 1. The number of nitriles is 1. The first-order valence-electron chi connectivity index (χ1n) is 7.99. The summed E-state index contributed by atoms with van der Waals surface area (Å²) in [5.74, 6) is -1.45. The number of ether oxygens (including phenoxy) is 1. The number of halogens is 4. The van der Waals surface area contributed by atoms with Crippen LogP contribution in [0.15, 0.2) is 24.3 Å². The van der Waals surface area contributed by atoms with Crippen molar-refractivity contribution in [3.63, 3.8) is 0 Å². The van der Waals surface area contributed by atoms with Crippen molar-refractivity contribution in [1.29, 1.82) is 5.26 Å². The maximum Gasteiger partial charge on any atom is 0.417 e. The molecule has 27 heavy (non-hydrogen) atoms. The van der Waals surface area contributed by atoms with Crippen LogP contribution < -0.4 is 5.32 Å². The summed E-state index contributed by atoms with van der Waals surface area (Å²) < 4.78 is 43.1. The maximum absolute atomic E-state index is 12.8. The van der Waals surface area contributed by atoms with E-state index in [1.54, 1.807) is 6.92 Å². The van der Waals surface area contributed by atoms with Crippen molar-refractivity contribution in [1.82, 2.24) is 5.32 Å². The Morgan fingerprint density at radius 1 is 1.41 bits per heavy atom. The number of hydrogen-bond acceptors (Lipinski definition) is 4. The van der Waals surface area contributed by atoms with Crippen LogP contribution in [0.2, 0.25) is 5.02 Å². The lowest BCUT2D eigenvalue weighted by Crippen LogP contribution is -2.48. The number of esters is 1. The Morgan fingerprint density at radius 2 is 2.07 bits per heavy atom. The van der Waals surface area contributed by atoms with Gasteiger partial charge in [0.05, 0.1) is 16.7 Å². The van der Waals surface area contributed by atoms with Gasteiger partial charge in [0, 0.05) is 6.08 Å². The molecule has 0 saturated heterocycles. The smallest absolute Gasteiger partial charge is 0.417 e. The Balaban J connectivity index is 1.90. The zero-order valence-corrected chi connectivity index (χ0v) is 15.0. The predicted octanol–water partition coefficient (Wildman–Crippen LogP) is 3.72. The van der Waals surface area contributed by atoms with Crippen molar-refractivity contribution < 1.29 is 27.5 Å². The van der Waals surface area contributed by atoms with Crippen molar-refractivity contribution >= 4 is 29.6 Å². The lowest BCUT2D eigenvalue weighted by molar-refractivity contribution is -0.144. The number of carbonyl (C=O) groups is 2. The molecular formula is C18H16ClF3N2O3. The van der Waals surface area contributed by atoms with E-state index in [0.29, 0.717) is 0 Å². The molecule has 1 aromatic carbocycles. The van der Waals surface area contributed by atoms with Gasteiger partial charge in [-0.15, -0.1) is 0 Å². The summed E-state index contributed by atoms with van der Waals surface area (Å²) in [6.45, 7) is 1.00. The molecule has 0 heterocycles. The Kier molecular flexibility index (Phi) is 6.16. The third-order valence-corrected chi connectivity index (χ3v) is 4.41. The van der Waals surface area contributed by atoms with Crippen molar-refractivity contribution in [2.45, 2.75) is 31.5 Å². The van der Waals surface area contributed by atoms with Gasteiger partial charge >= 0.3 is 12.1 Å². The van der Waals surface area contributed by atoms with Crippen molar-refractivity contribution in [3.05, 3.63) is 40.4 Å². The highest BCUT2D eigenvalue weighted by atomic mass is 35.5. The van der Waals surface area contributed by atoms with Gasteiger partial charge < -0.3 is 10.1 Å². The minimum absolute atomic E-state index is 0.0785. The highest BCUT2D eigenvalue weighted by Crippen LogP contribution is 2.39. The normalized spacial score (nSPS) is 16.4. The Hall–Kier alpha value is -2.53. The van der Waals surface area contributed by atoms with Crippen LogP contribution in [0.4, 0.5) is 13.2 Å². The lowest BCUT2D eigenvalue weighted by Gasteiger charge is -2.22. The Bertz CT molecular complexity index is 813. The number of nitrogens with one attached hydrogen (secondary N) is 1. The fourth-order valence-corrected chi connectivity index (χ4v) is 2.65. The third-order valence-electron chi connectivity index (χ3n) is 4.08. The molecular weight excluding hydrogens is 385 g/mol. The van der Waals surface area contributed by atoms with Gasteiger partial charge in [0.25, 0.3) is 5.91 Å². The lowest BCUT2D eigenvalue weighted by atomic mass is 9.98. The quantitative estimate of drug-likeness (QED) is 0.583. The minimum atomic E-state index is -4.62. The second kappa shape index (κ2) is 8.01. The van der Waals surface area contributed by atoms with Crippen LogP contribution >= 0.6 is 11.6 Å². The van der Waals surface area contributed by atoms with E-state index < -0.39 is 40.8 Å². The van der Waals surface area contributed by atoms with Crippen LogP contribution in [0.5, 0.6) is 0 Å². The van der Waals surface area contributed by atoms with Crippen LogP contribution in [-0.2, 0) is 20.5 Å². The number of rotatable bonds is 6. The van der Waals surface area contributed by atoms with Gasteiger partial charge in [-0.2, -0.15) is 18.4 Å². The van der Waals surface area contributed by atoms with Crippen LogP contribution in [0.1, 0.15) is 30.9 Å². The fourth-order valence-electron chi connectivity index (χ4n) is 2.42. The Labute approximate surface area is 158 Å². The monoisotopic (exact) mass is 400 g/mol. The first kappa shape index (κ1) is 20.8. The summed E-state index contributed by atoms with van der Waals surface area (Å²) in [7, 11) is 0. The van der Waals surface area contributed by atoms with Gasteiger partial charge in [-0.05, 0) is 49.5 Å². The largest absolute Gasteiger partial charge is 0.452 e. The highest BCUT2D eigenvalue weighted by molar-refractivity contribution is 6.31. The fraction of sp³-hybridized carbons (Fsp3) is 0.389. The topological polar surface area (TPSA) is 79.2 Å². The van der Waals surface area contributed by atoms with E-state index in [-0.39, 0.29) is 11.5 Å². The molecule has 0 aromatic heterocycles. The molecule has 1 amide bonds. The summed E-state index contributed by atoms with van der Waals surface area (Å²) in [5.41, 5.74) is -1.93. The van der Waals surface area contributed by atoms with Gasteiger partial charge in [0.1, 0.15) is 5.54 Å². The predicted molar refractivity (Wildman–Crippen MR) is 91.3 cm³/mol. The minimum Gasteiger partial charge on any atom is -0.452 e. The molecule has 1 atom stereocenters. The molecule has 1 fully saturated rings. The molecule has 1 saturated carbocycles. The zero-order chi connectivity index (χ0) is 20.2. The molecule has 0 spiro atoms. The molecule has 0 radical (unpaired) electrons.